The number of Topliss-reactive ketones (excluding diaryl/α,β-unsaturated/α-hetero) is 1. The van der Waals surface area contributed by atoms with Gasteiger partial charge in [0.1, 0.15) is 18.4 Å². The number of carboxylic acids is 1. The molecule has 1 aliphatic rings. The number of ether oxygens (including phenoxy) is 1. The standard InChI is InChI=1S/C12H11NO4/c13-9-6-17-12-7(4-5-10(14)15)2-1-3-8(12)11(9)16/h1-5,9H,6,13H2,(H,14,15)/b5-4+. The number of para-hydroxylation sites is 1. The van der Waals surface area contributed by atoms with Gasteiger partial charge in [0, 0.05) is 11.6 Å². The highest BCUT2D eigenvalue weighted by Gasteiger charge is 2.26. The Morgan fingerprint density at radius 2 is 2.29 bits per heavy atom. The summed E-state index contributed by atoms with van der Waals surface area (Å²) in [6.07, 6.45) is 2.39. The lowest BCUT2D eigenvalue weighted by Gasteiger charge is -2.22. The lowest BCUT2D eigenvalue weighted by atomic mass is 9.98. The molecule has 1 atom stereocenters. The summed E-state index contributed by atoms with van der Waals surface area (Å²) < 4.78 is 5.38. The molecule has 0 aromatic heterocycles. The molecule has 88 valence electrons. The van der Waals surface area contributed by atoms with Gasteiger partial charge < -0.3 is 15.6 Å². The minimum Gasteiger partial charge on any atom is -0.490 e. The number of benzene rings is 1. The van der Waals surface area contributed by atoms with Crippen molar-refractivity contribution in [3.63, 3.8) is 0 Å². The summed E-state index contributed by atoms with van der Waals surface area (Å²) in [5.41, 5.74) is 6.54. The Labute approximate surface area is 97.5 Å². The van der Waals surface area contributed by atoms with Gasteiger partial charge in [0.15, 0.2) is 5.78 Å². The number of aliphatic carboxylic acids is 1. The smallest absolute Gasteiger partial charge is 0.328 e. The van der Waals surface area contributed by atoms with Crippen molar-refractivity contribution in [2.45, 2.75) is 6.04 Å². The monoisotopic (exact) mass is 233 g/mol. The molecule has 1 unspecified atom stereocenters. The molecule has 1 aromatic carbocycles. The first-order valence-corrected chi connectivity index (χ1v) is 5.06. The molecule has 0 radical (unpaired) electrons. The van der Waals surface area contributed by atoms with Gasteiger partial charge in [-0.15, -0.1) is 0 Å². The highest BCUT2D eigenvalue weighted by molar-refractivity contribution is 6.04. The molecule has 0 saturated carbocycles. The number of hydrogen-bond donors (Lipinski definition) is 2. The van der Waals surface area contributed by atoms with E-state index in [1.165, 1.54) is 6.08 Å². The van der Waals surface area contributed by atoms with Crippen LogP contribution in [0.15, 0.2) is 24.3 Å². The van der Waals surface area contributed by atoms with Gasteiger partial charge in [-0.25, -0.2) is 4.79 Å². The molecule has 1 heterocycles. The first-order valence-electron chi connectivity index (χ1n) is 5.06. The van der Waals surface area contributed by atoms with Crippen molar-refractivity contribution in [2.75, 3.05) is 6.61 Å². The van der Waals surface area contributed by atoms with Crippen LogP contribution in [0.1, 0.15) is 15.9 Å². The maximum absolute atomic E-state index is 11.8. The van der Waals surface area contributed by atoms with Crippen LogP contribution in [0.25, 0.3) is 6.08 Å². The van der Waals surface area contributed by atoms with E-state index in [1.54, 1.807) is 18.2 Å². The van der Waals surface area contributed by atoms with E-state index in [-0.39, 0.29) is 12.4 Å². The summed E-state index contributed by atoms with van der Waals surface area (Å²) in [6.45, 7) is 0.115. The summed E-state index contributed by atoms with van der Waals surface area (Å²) in [4.78, 5) is 22.2. The van der Waals surface area contributed by atoms with Crippen LogP contribution in [-0.4, -0.2) is 29.5 Å². The van der Waals surface area contributed by atoms with Crippen LogP contribution in [0.5, 0.6) is 5.75 Å². The van der Waals surface area contributed by atoms with Crippen molar-refractivity contribution in [1.29, 1.82) is 0 Å². The molecule has 0 fully saturated rings. The predicted molar refractivity (Wildman–Crippen MR) is 60.9 cm³/mol. The SMILES string of the molecule is NC1COc2c(/C=C/C(=O)O)cccc2C1=O. The fourth-order valence-electron chi connectivity index (χ4n) is 1.65. The summed E-state index contributed by atoms with van der Waals surface area (Å²) in [6, 6.07) is 4.32. The fraction of sp³-hybridized carbons (Fsp3) is 0.167. The predicted octanol–water partition coefficient (Wildman–Crippen LogP) is 0.687. The molecule has 0 bridgehead atoms. The van der Waals surface area contributed by atoms with Crippen molar-refractivity contribution in [3.05, 3.63) is 35.4 Å². The Hall–Kier alpha value is -2.14. The van der Waals surface area contributed by atoms with Crippen molar-refractivity contribution >= 4 is 17.8 Å². The quantitative estimate of drug-likeness (QED) is 0.733. The zero-order valence-electron chi connectivity index (χ0n) is 8.92. The van der Waals surface area contributed by atoms with Gasteiger partial charge in [-0.1, -0.05) is 12.1 Å². The number of rotatable bonds is 2. The number of carbonyl (C=O) groups is 2. The molecular formula is C12H11NO4. The minimum absolute atomic E-state index is 0.115. The second kappa shape index (κ2) is 4.39. The van der Waals surface area contributed by atoms with Crippen LogP contribution in [-0.2, 0) is 4.79 Å². The molecule has 0 saturated heterocycles. The molecule has 5 heteroatoms. The van der Waals surface area contributed by atoms with Crippen LogP contribution in [0.3, 0.4) is 0 Å². The summed E-state index contributed by atoms with van der Waals surface area (Å²) >= 11 is 0. The Bertz CT molecular complexity index is 507. The number of carboxylic acid groups (broad SMARTS) is 1. The van der Waals surface area contributed by atoms with Crippen LogP contribution in [0.2, 0.25) is 0 Å². The van der Waals surface area contributed by atoms with Gasteiger partial charge in [-0.3, -0.25) is 4.79 Å². The molecule has 17 heavy (non-hydrogen) atoms. The number of nitrogens with two attached hydrogens (primary N) is 1. The van der Waals surface area contributed by atoms with Crippen LogP contribution in [0.4, 0.5) is 0 Å². The molecular weight excluding hydrogens is 222 g/mol. The third-order valence-corrected chi connectivity index (χ3v) is 2.46. The van der Waals surface area contributed by atoms with E-state index in [0.717, 1.165) is 6.08 Å². The number of carbonyl (C=O) groups excluding carboxylic acids is 1. The summed E-state index contributed by atoms with van der Waals surface area (Å²) in [7, 11) is 0. The largest absolute Gasteiger partial charge is 0.490 e. The van der Waals surface area contributed by atoms with Gasteiger partial charge in [-0.2, -0.15) is 0 Å². The lowest BCUT2D eigenvalue weighted by molar-refractivity contribution is -0.131. The van der Waals surface area contributed by atoms with Crippen LogP contribution < -0.4 is 10.5 Å². The van der Waals surface area contributed by atoms with Crippen molar-refractivity contribution in [2.24, 2.45) is 5.73 Å². The third kappa shape index (κ3) is 2.19. The third-order valence-electron chi connectivity index (χ3n) is 2.46. The van der Waals surface area contributed by atoms with E-state index in [1.807, 2.05) is 0 Å². The normalized spacial score (nSPS) is 18.9. The number of hydrogen-bond acceptors (Lipinski definition) is 4. The van der Waals surface area contributed by atoms with Gasteiger partial charge in [-0.05, 0) is 12.1 Å². The molecule has 3 N–H and O–H groups in total. The van der Waals surface area contributed by atoms with Gasteiger partial charge in [0.25, 0.3) is 0 Å². The summed E-state index contributed by atoms with van der Waals surface area (Å²) in [5.74, 6) is -0.838. The first kappa shape index (κ1) is 11.3. The number of fused-ring (bicyclic) bond motifs is 1. The van der Waals surface area contributed by atoms with Crippen molar-refractivity contribution < 1.29 is 19.4 Å². The first-order chi connectivity index (χ1) is 8.09. The van der Waals surface area contributed by atoms with Crippen molar-refractivity contribution in [3.8, 4) is 5.75 Å². The van der Waals surface area contributed by atoms with E-state index < -0.39 is 12.0 Å². The number of ketones is 1. The second-order valence-electron chi connectivity index (χ2n) is 3.68. The van der Waals surface area contributed by atoms with Crippen molar-refractivity contribution in [1.82, 2.24) is 0 Å². The molecule has 1 aliphatic heterocycles. The molecule has 2 rings (SSSR count). The Balaban J connectivity index is 2.44. The van der Waals surface area contributed by atoms with Crippen LogP contribution in [0, 0.1) is 0 Å². The van der Waals surface area contributed by atoms with Crippen LogP contribution >= 0.6 is 0 Å². The fourth-order valence-corrected chi connectivity index (χ4v) is 1.65. The van der Waals surface area contributed by atoms with Gasteiger partial charge in [0.05, 0.1) is 5.56 Å². The Morgan fingerprint density at radius 1 is 1.53 bits per heavy atom. The van der Waals surface area contributed by atoms with E-state index in [2.05, 4.69) is 0 Å². The Kier molecular flexibility index (Phi) is 2.93. The maximum Gasteiger partial charge on any atom is 0.328 e. The average Bonchev–Trinajstić information content (AvgIpc) is 2.31. The topological polar surface area (TPSA) is 89.6 Å². The summed E-state index contributed by atoms with van der Waals surface area (Å²) in [5, 5.41) is 8.56. The maximum atomic E-state index is 11.8. The van der Waals surface area contributed by atoms with E-state index in [0.29, 0.717) is 16.9 Å². The van der Waals surface area contributed by atoms with E-state index in [9.17, 15) is 9.59 Å². The second-order valence-corrected chi connectivity index (χ2v) is 3.68. The zero-order valence-corrected chi connectivity index (χ0v) is 8.92. The average molecular weight is 233 g/mol. The van der Waals surface area contributed by atoms with E-state index >= 15 is 0 Å². The zero-order chi connectivity index (χ0) is 12.4. The van der Waals surface area contributed by atoms with Gasteiger partial charge in [0.2, 0.25) is 0 Å². The lowest BCUT2D eigenvalue weighted by Crippen LogP contribution is -2.40. The Morgan fingerprint density at radius 3 is 3.00 bits per heavy atom. The highest BCUT2D eigenvalue weighted by atomic mass is 16.5. The molecule has 0 amide bonds. The highest BCUT2D eigenvalue weighted by Crippen LogP contribution is 2.29. The molecule has 0 spiro atoms. The molecule has 0 aliphatic carbocycles. The van der Waals surface area contributed by atoms with Gasteiger partial charge >= 0.3 is 5.97 Å². The minimum atomic E-state index is -1.05. The molecule has 1 aromatic rings. The van der Waals surface area contributed by atoms with E-state index in [4.69, 9.17) is 15.6 Å². The molecule has 5 nitrogen and oxygen atoms in total.